The molecule has 1 fully saturated rings. The van der Waals surface area contributed by atoms with Crippen LogP contribution in [0.1, 0.15) is 54.8 Å². The zero-order chi connectivity index (χ0) is 24.3. The molecule has 34 heavy (non-hydrogen) atoms. The number of hydrogen-bond acceptors (Lipinski definition) is 7. The number of Topliss-reactive ketones (excluding diaryl/α,β-unsaturated/α-hetero) is 1. The van der Waals surface area contributed by atoms with Crippen molar-refractivity contribution in [3.05, 3.63) is 41.5 Å². The molecule has 1 N–H and O–H groups in total. The van der Waals surface area contributed by atoms with Gasteiger partial charge in [0.2, 0.25) is 0 Å². The summed E-state index contributed by atoms with van der Waals surface area (Å²) in [4.78, 5) is 28.0. The van der Waals surface area contributed by atoms with Gasteiger partial charge in [-0.05, 0) is 45.9 Å². The molecule has 182 valence electrons. The maximum Gasteiger partial charge on any atom is 0.255 e. The van der Waals surface area contributed by atoms with Crippen LogP contribution in [-0.4, -0.2) is 56.8 Å². The van der Waals surface area contributed by atoms with Gasteiger partial charge in [0.05, 0.1) is 49.8 Å². The summed E-state index contributed by atoms with van der Waals surface area (Å²) in [6.07, 6.45) is 0.264. The number of amides is 1. The number of carbonyl (C=O) groups excluding carboxylic acids is 2. The number of nitrogens with zero attached hydrogens (tertiary/aromatic N) is 1. The van der Waals surface area contributed by atoms with Gasteiger partial charge in [-0.2, -0.15) is 0 Å². The SMILES string of the molecule is CCOc1cc(N2CCOCC2)c(OCC)cc1NC(=O)c1ccc2c(c1)C(=O)CC(C)(C)O2. The Hall–Kier alpha value is -3.26. The number of benzene rings is 2. The lowest BCUT2D eigenvalue weighted by molar-refractivity contribution is 0.0620. The van der Waals surface area contributed by atoms with Crippen molar-refractivity contribution in [1.29, 1.82) is 0 Å². The molecule has 2 aromatic carbocycles. The van der Waals surface area contributed by atoms with Crippen LogP contribution in [-0.2, 0) is 4.74 Å². The van der Waals surface area contributed by atoms with Crippen molar-refractivity contribution in [1.82, 2.24) is 0 Å². The Labute approximate surface area is 200 Å². The third-order valence-corrected chi connectivity index (χ3v) is 5.78. The molecular formula is C26H32N2O6. The molecule has 8 heteroatoms. The molecule has 2 aromatic rings. The molecule has 1 saturated heterocycles. The van der Waals surface area contributed by atoms with Gasteiger partial charge in [-0.25, -0.2) is 0 Å². The molecule has 0 unspecified atom stereocenters. The second-order valence-electron chi connectivity index (χ2n) is 8.91. The van der Waals surface area contributed by atoms with Gasteiger partial charge in [0.15, 0.2) is 5.78 Å². The van der Waals surface area contributed by atoms with Crippen LogP contribution in [0.3, 0.4) is 0 Å². The first-order chi connectivity index (χ1) is 16.3. The summed E-state index contributed by atoms with van der Waals surface area (Å²) >= 11 is 0. The highest BCUT2D eigenvalue weighted by Gasteiger charge is 2.33. The van der Waals surface area contributed by atoms with E-state index in [9.17, 15) is 9.59 Å². The number of ether oxygens (including phenoxy) is 4. The molecule has 0 aliphatic carbocycles. The summed E-state index contributed by atoms with van der Waals surface area (Å²) in [5.74, 6) is 1.34. The highest BCUT2D eigenvalue weighted by Crippen LogP contribution is 2.40. The largest absolute Gasteiger partial charge is 0.492 e. The van der Waals surface area contributed by atoms with Crippen molar-refractivity contribution in [3.63, 3.8) is 0 Å². The minimum Gasteiger partial charge on any atom is -0.492 e. The van der Waals surface area contributed by atoms with Crippen LogP contribution in [0.15, 0.2) is 30.3 Å². The van der Waals surface area contributed by atoms with Gasteiger partial charge in [-0.15, -0.1) is 0 Å². The Morgan fingerprint density at radius 2 is 1.76 bits per heavy atom. The van der Waals surface area contributed by atoms with E-state index in [1.54, 1.807) is 24.3 Å². The minimum absolute atomic E-state index is 0.0376. The third-order valence-electron chi connectivity index (χ3n) is 5.78. The molecule has 0 atom stereocenters. The molecule has 0 spiro atoms. The number of morpholine rings is 1. The van der Waals surface area contributed by atoms with E-state index in [1.807, 2.05) is 33.8 Å². The molecule has 4 rings (SSSR count). The van der Waals surface area contributed by atoms with Gasteiger partial charge in [0.25, 0.3) is 5.91 Å². The predicted molar refractivity (Wildman–Crippen MR) is 130 cm³/mol. The Morgan fingerprint density at radius 3 is 2.47 bits per heavy atom. The van der Waals surface area contributed by atoms with Crippen molar-refractivity contribution < 1.29 is 28.5 Å². The summed E-state index contributed by atoms with van der Waals surface area (Å²) in [6.45, 7) is 11.3. The lowest BCUT2D eigenvalue weighted by Crippen LogP contribution is -2.36. The molecule has 0 radical (unpaired) electrons. The lowest BCUT2D eigenvalue weighted by atomic mass is 9.92. The number of nitrogens with one attached hydrogen (secondary N) is 1. The van der Waals surface area contributed by atoms with Crippen molar-refractivity contribution in [2.45, 2.75) is 39.7 Å². The van der Waals surface area contributed by atoms with Crippen LogP contribution in [0, 0.1) is 0 Å². The predicted octanol–water partition coefficient (Wildman–Crippen LogP) is 4.32. The second kappa shape index (κ2) is 9.93. The fourth-order valence-electron chi connectivity index (χ4n) is 4.23. The van der Waals surface area contributed by atoms with Crippen LogP contribution in [0.5, 0.6) is 17.2 Å². The molecule has 8 nitrogen and oxygen atoms in total. The Kier molecular flexibility index (Phi) is 6.97. The molecule has 2 aliphatic heterocycles. The van der Waals surface area contributed by atoms with Crippen LogP contribution in [0.25, 0.3) is 0 Å². The lowest BCUT2D eigenvalue weighted by Gasteiger charge is -2.31. The average molecular weight is 469 g/mol. The standard InChI is InChI=1S/C26H32N2O6/c1-5-32-23-15-20(28-9-11-31-12-10-28)24(33-6-2)14-19(23)27-25(30)17-7-8-22-18(13-17)21(29)16-26(3,4)34-22/h7-8,13-15H,5-6,9-12,16H2,1-4H3,(H,27,30). The van der Waals surface area contributed by atoms with Crippen molar-refractivity contribution in [3.8, 4) is 17.2 Å². The fraction of sp³-hybridized carbons (Fsp3) is 0.462. The van der Waals surface area contributed by atoms with E-state index in [2.05, 4.69) is 10.2 Å². The first-order valence-corrected chi connectivity index (χ1v) is 11.7. The number of anilines is 2. The molecule has 1 amide bonds. The first kappa shape index (κ1) is 23.9. The van der Waals surface area contributed by atoms with Gasteiger partial charge in [0, 0.05) is 30.8 Å². The molecular weight excluding hydrogens is 436 g/mol. The summed E-state index contributed by atoms with van der Waals surface area (Å²) < 4.78 is 23.2. The van der Waals surface area contributed by atoms with E-state index < -0.39 is 5.60 Å². The first-order valence-electron chi connectivity index (χ1n) is 11.7. The average Bonchev–Trinajstić information content (AvgIpc) is 2.80. The quantitative estimate of drug-likeness (QED) is 0.648. The Bertz CT molecular complexity index is 1080. The maximum absolute atomic E-state index is 13.2. The van der Waals surface area contributed by atoms with Gasteiger partial charge >= 0.3 is 0 Å². The van der Waals surface area contributed by atoms with E-state index in [4.69, 9.17) is 18.9 Å². The van der Waals surface area contributed by atoms with E-state index in [0.717, 1.165) is 18.8 Å². The number of ketones is 1. The molecule has 0 aromatic heterocycles. The molecule has 0 saturated carbocycles. The number of fused-ring (bicyclic) bond motifs is 1. The van der Waals surface area contributed by atoms with E-state index in [0.29, 0.717) is 60.5 Å². The normalized spacial score (nSPS) is 16.9. The van der Waals surface area contributed by atoms with Crippen molar-refractivity contribution in [2.24, 2.45) is 0 Å². The number of hydrogen-bond donors (Lipinski definition) is 1. The van der Waals surface area contributed by atoms with Gasteiger partial charge < -0.3 is 29.2 Å². The minimum atomic E-state index is -0.557. The summed E-state index contributed by atoms with van der Waals surface area (Å²) in [5.41, 5.74) is 1.65. The van der Waals surface area contributed by atoms with Crippen LogP contribution in [0.4, 0.5) is 11.4 Å². The van der Waals surface area contributed by atoms with E-state index in [1.165, 1.54) is 0 Å². The second-order valence-corrected chi connectivity index (χ2v) is 8.91. The summed E-state index contributed by atoms with van der Waals surface area (Å²) in [5, 5.41) is 2.94. The van der Waals surface area contributed by atoms with Gasteiger partial charge in [0.1, 0.15) is 22.8 Å². The molecule has 0 bridgehead atoms. The Morgan fingerprint density at radius 1 is 1.06 bits per heavy atom. The summed E-state index contributed by atoms with van der Waals surface area (Å²) in [6, 6.07) is 8.64. The molecule has 2 heterocycles. The fourth-order valence-corrected chi connectivity index (χ4v) is 4.23. The zero-order valence-corrected chi connectivity index (χ0v) is 20.2. The van der Waals surface area contributed by atoms with Crippen LogP contribution in [0.2, 0.25) is 0 Å². The molecule has 2 aliphatic rings. The highest BCUT2D eigenvalue weighted by atomic mass is 16.5. The van der Waals surface area contributed by atoms with Crippen molar-refractivity contribution in [2.75, 3.05) is 49.7 Å². The topological polar surface area (TPSA) is 86.3 Å². The van der Waals surface area contributed by atoms with Crippen LogP contribution < -0.4 is 24.4 Å². The third kappa shape index (κ3) is 5.12. The summed E-state index contributed by atoms with van der Waals surface area (Å²) in [7, 11) is 0. The van der Waals surface area contributed by atoms with Gasteiger partial charge in [-0.3, -0.25) is 9.59 Å². The van der Waals surface area contributed by atoms with Gasteiger partial charge in [-0.1, -0.05) is 0 Å². The monoisotopic (exact) mass is 468 g/mol. The van der Waals surface area contributed by atoms with E-state index >= 15 is 0 Å². The van der Waals surface area contributed by atoms with Crippen molar-refractivity contribution >= 4 is 23.1 Å². The zero-order valence-electron chi connectivity index (χ0n) is 20.2. The Balaban J connectivity index is 1.63. The number of rotatable bonds is 7. The maximum atomic E-state index is 13.2. The smallest absolute Gasteiger partial charge is 0.255 e. The van der Waals surface area contributed by atoms with E-state index in [-0.39, 0.29) is 18.1 Å². The highest BCUT2D eigenvalue weighted by molar-refractivity contribution is 6.08. The van der Waals surface area contributed by atoms with Crippen LogP contribution >= 0.6 is 0 Å². The number of carbonyl (C=O) groups is 2.